The van der Waals surface area contributed by atoms with E-state index in [0.717, 1.165) is 32.4 Å². The van der Waals surface area contributed by atoms with Crippen LogP contribution in [0.1, 0.15) is 30.9 Å². The van der Waals surface area contributed by atoms with E-state index in [2.05, 4.69) is 31.2 Å². The second kappa shape index (κ2) is 6.71. The van der Waals surface area contributed by atoms with Crippen molar-refractivity contribution in [2.24, 2.45) is 11.7 Å². The molecule has 1 amide bonds. The minimum atomic E-state index is 0.274. The summed E-state index contributed by atoms with van der Waals surface area (Å²) in [6.07, 6.45) is 3.58. The van der Waals surface area contributed by atoms with Crippen molar-refractivity contribution in [3.05, 3.63) is 35.4 Å². The van der Waals surface area contributed by atoms with Crippen molar-refractivity contribution in [3.63, 3.8) is 0 Å². The summed E-state index contributed by atoms with van der Waals surface area (Å²) in [5, 5.41) is 0. The van der Waals surface area contributed by atoms with E-state index >= 15 is 0 Å². The first kappa shape index (κ1) is 14.1. The largest absolute Gasteiger partial charge is 0.342 e. The molecule has 1 atom stereocenters. The third kappa shape index (κ3) is 3.80. The van der Waals surface area contributed by atoms with Crippen molar-refractivity contribution in [1.82, 2.24) is 4.90 Å². The number of nitrogens with zero attached hydrogens (tertiary/aromatic N) is 1. The number of carbonyl (C=O) groups excluding carboxylic acids is 1. The average molecular weight is 260 g/mol. The number of benzene rings is 1. The Morgan fingerprint density at radius 3 is 2.58 bits per heavy atom. The number of aryl methyl sites for hydroxylation is 2. The fourth-order valence-electron chi connectivity index (χ4n) is 2.60. The Labute approximate surface area is 115 Å². The molecule has 0 radical (unpaired) electrons. The van der Waals surface area contributed by atoms with Crippen LogP contribution in [0.15, 0.2) is 24.3 Å². The van der Waals surface area contributed by atoms with Gasteiger partial charge in [0.05, 0.1) is 0 Å². The normalized spacial score (nSPS) is 18.8. The Hall–Kier alpha value is -1.35. The molecule has 3 nitrogen and oxygen atoms in total. The molecular formula is C16H24N2O. The first-order valence-corrected chi connectivity index (χ1v) is 7.28. The Kier molecular flexibility index (Phi) is 4.97. The van der Waals surface area contributed by atoms with Gasteiger partial charge in [0.15, 0.2) is 0 Å². The lowest BCUT2D eigenvalue weighted by molar-refractivity contribution is -0.130. The molecule has 1 aliphatic rings. The van der Waals surface area contributed by atoms with E-state index in [1.807, 2.05) is 4.90 Å². The Morgan fingerprint density at radius 2 is 2.00 bits per heavy atom. The molecule has 2 N–H and O–H groups in total. The first-order chi connectivity index (χ1) is 9.22. The highest BCUT2D eigenvalue weighted by Gasteiger charge is 2.24. The van der Waals surface area contributed by atoms with Crippen molar-refractivity contribution < 1.29 is 4.79 Å². The first-order valence-electron chi connectivity index (χ1n) is 7.28. The molecule has 104 valence electrons. The molecule has 2 rings (SSSR count). The van der Waals surface area contributed by atoms with Gasteiger partial charge < -0.3 is 10.6 Å². The van der Waals surface area contributed by atoms with Crippen LogP contribution in [-0.4, -0.2) is 30.4 Å². The highest BCUT2D eigenvalue weighted by molar-refractivity contribution is 5.76. The number of nitrogens with two attached hydrogens (primary N) is 1. The molecule has 19 heavy (non-hydrogen) atoms. The van der Waals surface area contributed by atoms with Gasteiger partial charge in [0.1, 0.15) is 0 Å². The van der Waals surface area contributed by atoms with Crippen LogP contribution >= 0.6 is 0 Å². The summed E-state index contributed by atoms with van der Waals surface area (Å²) in [5.74, 6) is 0.781. The molecule has 0 bridgehead atoms. The van der Waals surface area contributed by atoms with Crippen LogP contribution in [0, 0.1) is 5.92 Å². The number of rotatable bonds is 5. The van der Waals surface area contributed by atoms with Gasteiger partial charge in [-0.25, -0.2) is 0 Å². The summed E-state index contributed by atoms with van der Waals surface area (Å²) in [6.45, 7) is 4.58. The predicted molar refractivity (Wildman–Crippen MR) is 77.9 cm³/mol. The van der Waals surface area contributed by atoms with E-state index in [1.165, 1.54) is 11.1 Å². The molecule has 1 aromatic carbocycles. The van der Waals surface area contributed by atoms with E-state index in [4.69, 9.17) is 5.73 Å². The summed E-state index contributed by atoms with van der Waals surface area (Å²) >= 11 is 0. The summed E-state index contributed by atoms with van der Waals surface area (Å²) in [5.41, 5.74) is 8.25. The number of hydrogen-bond donors (Lipinski definition) is 1. The second-order valence-corrected chi connectivity index (χ2v) is 5.40. The molecule has 0 spiro atoms. The van der Waals surface area contributed by atoms with E-state index in [1.54, 1.807) is 0 Å². The number of likely N-dealkylation sites (tertiary alicyclic amines) is 1. The number of hydrogen-bond acceptors (Lipinski definition) is 2. The van der Waals surface area contributed by atoms with Crippen molar-refractivity contribution in [1.29, 1.82) is 0 Å². The lowest BCUT2D eigenvalue weighted by Crippen LogP contribution is -2.29. The van der Waals surface area contributed by atoms with Crippen molar-refractivity contribution in [3.8, 4) is 0 Å². The maximum absolute atomic E-state index is 12.1. The Balaban J connectivity index is 1.80. The zero-order valence-electron chi connectivity index (χ0n) is 11.8. The average Bonchev–Trinajstić information content (AvgIpc) is 2.94. The summed E-state index contributed by atoms with van der Waals surface area (Å²) in [7, 11) is 0. The van der Waals surface area contributed by atoms with Crippen LogP contribution in [0.5, 0.6) is 0 Å². The van der Waals surface area contributed by atoms with Gasteiger partial charge in [0.25, 0.3) is 0 Å². The lowest BCUT2D eigenvalue weighted by atomic mass is 10.1. The van der Waals surface area contributed by atoms with Gasteiger partial charge in [-0.1, -0.05) is 31.2 Å². The minimum Gasteiger partial charge on any atom is -0.342 e. The molecule has 0 saturated carbocycles. The van der Waals surface area contributed by atoms with Gasteiger partial charge in [-0.05, 0) is 42.9 Å². The van der Waals surface area contributed by atoms with E-state index in [-0.39, 0.29) is 5.91 Å². The highest BCUT2D eigenvalue weighted by atomic mass is 16.2. The molecule has 1 unspecified atom stereocenters. The van der Waals surface area contributed by atoms with Gasteiger partial charge >= 0.3 is 0 Å². The lowest BCUT2D eigenvalue weighted by Gasteiger charge is -2.16. The van der Waals surface area contributed by atoms with Gasteiger partial charge in [-0.3, -0.25) is 4.79 Å². The van der Waals surface area contributed by atoms with Crippen molar-refractivity contribution in [2.75, 3.05) is 19.6 Å². The monoisotopic (exact) mass is 260 g/mol. The van der Waals surface area contributed by atoms with Crippen molar-refractivity contribution >= 4 is 5.91 Å². The molecular weight excluding hydrogens is 236 g/mol. The molecule has 1 aromatic rings. The molecule has 1 heterocycles. The van der Waals surface area contributed by atoms with Crippen LogP contribution in [-0.2, 0) is 17.6 Å². The van der Waals surface area contributed by atoms with E-state index < -0.39 is 0 Å². The molecule has 0 aromatic heterocycles. The Bertz CT molecular complexity index is 413. The van der Waals surface area contributed by atoms with Crippen LogP contribution in [0.3, 0.4) is 0 Å². The minimum absolute atomic E-state index is 0.274. The molecule has 1 saturated heterocycles. The van der Waals surface area contributed by atoms with Gasteiger partial charge in [0.2, 0.25) is 5.91 Å². The smallest absolute Gasteiger partial charge is 0.222 e. The standard InChI is InChI=1S/C16H24N2O/c1-2-13-3-5-14(6-4-13)7-8-16(19)18-10-9-15(11-17)12-18/h3-6,15H,2,7-12,17H2,1H3. The van der Waals surface area contributed by atoms with Crippen molar-refractivity contribution in [2.45, 2.75) is 32.6 Å². The summed E-state index contributed by atoms with van der Waals surface area (Å²) in [6, 6.07) is 8.58. The second-order valence-electron chi connectivity index (χ2n) is 5.40. The zero-order valence-corrected chi connectivity index (χ0v) is 11.8. The maximum atomic E-state index is 12.1. The van der Waals surface area contributed by atoms with Crippen LogP contribution in [0.25, 0.3) is 0 Å². The van der Waals surface area contributed by atoms with Crippen LogP contribution < -0.4 is 5.73 Å². The van der Waals surface area contributed by atoms with Gasteiger partial charge in [-0.2, -0.15) is 0 Å². The zero-order chi connectivity index (χ0) is 13.7. The third-order valence-electron chi connectivity index (χ3n) is 4.03. The maximum Gasteiger partial charge on any atom is 0.222 e. The molecule has 1 aliphatic heterocycles. The molecule has 0 aliphatic carbocycles. The highest BCUT2D eigenvalue weighted by Crippen LogP contribution is 2.16. The number of carbonyl (C=O) groups is 1. The molecule has 1 fully saturated rings. The molecule has 3 heteroatoms. The summed E-state index contributed by atoms with van der Waals surface area (Å²) in [4.78, 5) is 14.1. The number of amides is 1. The van der Waals surface area contributed by atoms with Gasteiger partial charge in [-0.15, -0.1) is 0 Å². The topological polar surface area (TPSA) is 46.3 Å². The van der Waals surface area contributed by atoms with Crippen LogP contribution in [0.4, 0.5) is 0 Å². The SMILES string of the molecule is CCc1ccc(CCC(=O)N2CCC(CN)C2)cc1. The van der Waals surface area contributed by atoms with Gasteiger partial charge in [0, 0.05) is 19.5 Å². The van der Waals surface area contributed by atoms with E-state index in [9.17, 15) is 4.79 Å². The predicted octanol–water partition coefficient (Wildman–Crippen LogP) is 1.99. The van der Waals surface area contributed by atoms with E-state index in [0.29, 0.717) is 18.9 Å². The fraction of sp³-hybridized carbons (Fsp3) is 0.562. The quantitative estimate of drug-likeness (QED) is 0.880. The summed E-state index contributed by atoms with van der Waals surface area (Å²) < 4.78 is 0. The van der Waals surface area contributed by atoms with Crippen LogP contribution in [0.2, 0.25) is 0 Å². The third-order valence-corrected chi connectivity index (χ3v) is 4.03. The fourth-order valence-corrected chi connectivity index (χ4v) is 2.60. The Morgan fingerprint density at radius 1 is 1.32 bits per heavy atom.